The van der Waals surface area contributed by atoms with Gasteiger partial charge in [-0.1, -0.05) is 6.08 Å². The molecule has 2 aromatic heterocycles. The van der Waals surface area contributed by atoms with Crippen LogP contribution in [0.2, 0.25) is 0 Å². The smallest absolute Gasteiger partial charge is 0.241 e. The maximum atomic E-state index is 9.91. The molecule has 3 heterocycles. The Hall–Kier alpha value is -1.96. The summed E-state index contributed by atoms with van der Waals surface area (Å²) in [6.45, 7) is 4.06. The van der Waals surface area contributed by atoms with Crippen molar-refractivity contribution in [2.75, 3.05) is 32.2 Å². The molecule has 2 aliphatic rings. The molecular weight excluding hydrogens is 356 g/mol. The fourth-order valence-electron chi connectivity index (χ4n) is 4.28. The van der Waals surface area contributed by atoms with Crippen molar-refractivity contribution in [1.82, 2.24) is 14.6 Å². The van der Waals surface area contributed by atoms with E-state index in [1.54, 1.807) is 7.11 Å². The third kappa shape index (κ3) is 4.06. The van der Waals surface area contributed by atoms with Gasteiger partial charge >= 0.3 is 0 Å². The fourth-order valence-corrected chi connectivity index (χ4v) is 4.28. The molecule has 0 spiro atoms. The minimum absolute atomic E-state index is 0.129. The molecule has 0 saturated heterocycles. The first-order valence-corrected chi connectivity index (χ1v) is 10.2. The van der Waals surface area contributed by atoms with Gasteiger partial charge in [0.05, 0.1) is 37.6 Å². The van der Waals surface area contributed by atoms with Crippen LogP contribution in [0.1, 0.15) is 56.2 Å². The first-order chi connectivity index (χ1) is 13.7. The Balaban J connectivity index is 1.72. The molecule has 0 unspecified atom stereocenters. The van der Waals surface area contributed by atoms with E-state index in [0.717, 1.165) is 44.2 Å². The summed E-state index contributed by atoms with van der Waals surface area (Å²) in [6.07, 6.45) is 8.51. The third-order valence-corrected chi connectivity index (χ3v) is 5.76. The van der Waals surface area contributed by atoms with Gasteiger partial charge in [-0.3, -0.25) is 0 Å². The number of aliphatic hydroxyl groups is 1. The number of aliphatic hydroxyl groups excluding tert-OH is 1. The number of hydrogen-bond acceptors (Lipinski definition) is 6. The van der Waals surface area contributed by atoms with Gasteiger partial charge in [-0.2, -0.15) is 0 Å². The van der Waals surface area contributed by atoms with E-state index in [4.69, 9.17) is 14.6 Å². The second-order valence-electron chi connectivity index (χ2n) is 7.92. The minimum Gasteiger partial charge on any atom is -0.393 e. The molecule has 0 radical (unpaired) electrons. The molecule has 1 fully saturated rings. The predicted octanol–water partition coefficient (Wildman–Crippen LogP) is 3.00. The van der Waals surface area contributed by atoms with Crippen molar-refractivity contribution in [3.8, 4) is 0 Å². The van der Waals surface area contributed by atoms with Crippen LogP contribution in [0.25, 0.3) is 11.1 Å². The number of rotatable bonds is 6. The van der Waals surface area contributed by atoms with Crippen molar-refractivity contribution in [1.29, 1.82) is 0 Å². The average molecular weight is 386 g/mol. The highest BCUT2D eigenvalue weighted by Gasteiger charge is 2.26. The molecule has 1 saturated carbocycles. The molecule has 0 bridgehead atoms. The number of nitrogens with zero attached hydrogens (tertiary/aromatic N) is 3. The van der Waals surface area contributed by atoms with Crippen LogP contribution in [0.3, 0.4) is 0 Å². The molecule has 7 nitrogen and oxygen atoms in total. The zero-order chi connectivity index (χ0) is 19.5. The molecule has 2 aromatic rings. The van der Waals surface area contributed by atoms with Gasteiger partial charge in [-0.25, -0.2) is 9.50 Å². The Labute approximate surface area is 165 Å². The Morgan fingerprint density at radius 2 is 2.18 bits per heavy atom. The fraction of sp³-hybridized carbons (Fsp3) is 0.619. The lowest BCUT2D eigenvalue weighted by molar-refractivity contribution is 0.121. The zero-order valence-electron chi connectivity index (χ0n) is 16.7. The lowest BCUT2D eigenvalue weighted by Gasteiger charge is -2.25. The molecular formula is C21H30N4O3. The summed E-state index contributed by atoms with van der Waals surface area (Å²) in [5.74, 6) is 1.02. The van der Waals surface area contributed by atoms with Crippen molar-refractivity contribution in [2.24, 2.45) is 0 Å². The minimum atomic E-state index is -0.165. The van der Waals surface area contributed by atoms with E-state index in [1.165, 1.54) is 16.8 Å². The highest BCUT2D eigenvalue weighted by atomic mass is 16.5. The van der Waals surface area contributed by atoms with Crippen LogP contribution in [-0.2, 0) is 9.47 Å². The van der Waals surface area contributed by atoms with Gasteiger partial charge in [-0.05, 0) is 50.7 Å². The van der Waals surface area contributed by atoms with E-state index in [1.807, 2.05) is 6.20 Å². The number of ether oxygens (including phenoxy) is 2. The maximum Gasteiger partial charge on any atom is 0.241 e. The van der Waals surface area contributed by atoms with Gasteiger partial charge in [0.15, 0.2) is 0 Å². The molecule has 152 valence electrons. The summed E-state index contributed by atoms with van der Waals surface area (Å²) in [6, 6.07) is 2.41. The number of nitrogens with one attached hydrogen (secondary N) is 1. The summed E-state index contributed by atoms with van der Waals surface area (Å²) in [5, 5.41) is 18.1. The molecule has 1 atom stereocenters. The van der Waals surface area contributed by atoms with Crippen LogP contribution < -0.4 is 5.32 Å². The molecule has 1 aliphatic heterocycles. The van der Waals surface area contributed by atoms with E-state index < -0.39 is 0 Å². The normalized spacial score (nSPS) is 24.2. The summed E-state index contributed by atoms with van der Waals surface area (Å²) in [7, 11) is 1.69. The molecule has 1 aliphatic carbocycles. The van der Waals surface area contributed by atoms with Crippen LogP contribution in [0.4, 0.5) is 5.95 Å². The number of methoxy groups -OCH3 is 1. The van der Waals surface area contributed by atoms with Crippen LogP contribution in [-0.4, -0.2) is 58.8 Å². The van der Waals surface area contributed by atoms with Gasteiger partial charge in [-0.15, -0.1) is 5.10 Å². The van der Waals surface area contributed by atoms with Crippen molar-refractivity contribution in [3.63, 3.8) is 0 Å². The van der Waals surface area contributed by atoms with Gasteiger partial charge in [0.25, 0.3) is 0 Å². The molecule has 0 amide bonds. The van der Waals surface area contributed by atoms with E-state index in [2.05, 4.69) is 33.9 Å². The van der Waals surface area contributed by atoms with Crippen LogP contribution in [0.5, 0.6) is 0 Å². The number of aromatic nitrogens is 3. The quantitative estimate of drug-likeness (QED) is 0.794. The van der Waals surface area contributed by atoms with Crippen molar-refractivity contribution in [3.05, 3.63) is 29.6 Å². The third-order valence-electron chi connectivity index (χ3n) is 5.76. The first kappa shape index (κ1) is 19.4. The van der Waals surface area contributed by atoms with Crippen molar-refractivity contribution < 1.29 is 14.6 Å². The topological polar surface area (TPSA) is 80.9 Å². The van der Waals surface area contributed by atoms with Crippen LogP contribution >= 0.6 is 0 Å². The Morgan fingerprint density at radius 3 is 2.89 bits per heavy atom. The second kappa shape index (κ2) is 8.59. The Morgan fingerprint density at radius 1 is 1.36 bits per heavy atom. The lowest BCUT2D eigenvalue weighted by Crippen LogP contribution is -2.23. The van der Waals surface area contributed by atoms with E-state index in [-0.39, 0.29) is 12.1 Å². The number of hydrogen-bond donors (Lipinski definition) is 2. The number of fused-ring (bicyclic) bond motifs is 1. The molecule has 7 heteroatoms. The largest absolute Gasteiger partial charge is 0.393 e. The summed E-state index contributed by atoms with van der Waals surface area (Å²) < 4.78 is 12.8. The lowest BCUT2D eigenvalue weighted by atomic mass is 9.85. The highest BCUT2D eigenvalue weighted by Crippen LogP contribution is 2.37. The van der Waals surface area contributed by atoms with Gasteiger partial charge in [0.2, 0.25) is 5.95 Å². The first-order valence-electron chi connectivity index (χ1n) is 10.2. The van der Waals surface area contributed by atoms with E-state index in [9.17, 15) is 5.11 Å². The second-order valence-corrected chi connectivity index (χ2v) is 7.92. The Kier molecular flexibility index (Phi) is 5.94. The van der Waals surface area contributed by atoms with Crippen molar-refractivity contribution >= 4 is 17.0 Å². The van der Waals surface area contributed by atoms with Gasteiger partial charge in [0, 0.05) is 30.3 Å². The van der Waals surface area contributed by atoms with Crippen LogP contribution in [0.15, 0.2) is 18.3 Å². The average Bonchev–Trinajstić information content (AvgIpc) is 3.08. The summed E-state index contributed by atoms with van der Waals surface area (Å²) >= 11 is 0. The van der Waals surface area contributed by atoms with E-state index in [0.29, 0.717) is 25.1 Å². The Bertz CT molecular complexity index is 840. The highest BCUT2D eigenvalue weighted by molar-refractivity contribution is 5.79. The standard InChI is InChI=1S/C21H30N4O3/c1-14(13-27-2)23-21-22-12-20-18(15-7-9-28-10-8-15)11-19(25(20)24-21)16-3-5-17(26)6-4-16/h7,11-12,14,16-17,26H,3-6,8-10,13H2,1-2H3,(H,23,24)/t14-,16?,17?/m0/s1. The monoisotopic (exact) mass is 386 g/mol. The molecule has 0 aromatic carbocycles. The molecule has 28 heavy (non-hydrogen) atoms. The summed E-state index contributed by atoms with van der Waals surface area (Å²) in [5.41, 5.74) is 4.78. The SMILES string of the molecule is COC[C@H](C)Nc1ncc2c(C3=CCOCC3)cc(C3CCC(O)CC3)n2n1. The van der Waals surface area contributed by atoms with E-state index >= 15 is 0 Å². The van der Waals surface area contributed by atoms with Gasteiger partial charge < -0.3 is 19.9 Å². The predicted molar refractivity (Wildman–Crippen MR) is 109 cm³/mol. The zero-order valence-corrected chi connectivity index (χ0v) is 16.7. The van der Waals surface area contributed by atoms with Gasteiger partial charge in [0.1, 0.15) is 0 Å². The van der Waals surface area contributed by atoms with Crippen molar-refractivity contribution in [2.45, 2.75) is 57.1 Å². The van der Waals surface area contributed by atoms with Crippen LogP contribution in [0, 0.1) is 0 Å². The molecule has 2 N–H and O–H groups in total. The summed E-state index contributed by atoms with van der Waals surface area (Å²) in [4.78, 5) is 4.56. The molecule has 4 rings (SSSR count). The number of anilines is 1. The maximum absolute atomic E-state index is 9.91.